The minimum Gasteiger partial charge on any atom is -0.456 e. The summed E-state index contributed by atoms with van der Waals surface area (Å²) in [4.78, 5) is 11.4. The van der Waals surface area contributed by atoms with Gasteiger partial charge in [0.25, 0.3) is 0 Å². The normalized spacial score (nSPS) is 16.3. The van der Waals surface area contributed by atoms with Gasteiger partial charge in [-0.05, 0) is 12.1 Å². The van der Waals surface area contributed by atoms with Crippen LogP contribution in [0.25, 0.3) is 0 Å². The Morgan fingerprint density at radius 2 is 2.00 bits per heavy atom. The van der Waals surface area contributed by atoms with Crippen molar-refractivity contribution in [3.05, 3.63) is 35.9 Å². The summed E-state index contributed by atoms with van der Waals surface area (Å²) in [5.74, 6) is -0.230. The van der Waals surface area contributed by atoms with Crippen LogP contribution in [-0.4, -0.2) is 25.2 Å². The van der Waals surface area contributed by atoms with Gasteiger partial charge in [0.05, 0.1) is 5.56 Å². The first kappa shape index (κ1) is 8.26. The topological polar surface area (TPSA) is 38.3 Å². The van der Waals surface area contributed by atoms with E-state index < -0.39 is 0 Å². The fraction of sp³-hybridized carbons (Fsp3) is 0.300. The van der Waals surface area contributed by atoms with Crippen molar-refractivity contribution in [2.24, 2.45) is 0 Å². The number of carbonyl (C=O) groups is 1. The number of ether oxygens (including phenoxy) is 1. The van der Waals surface area contributed by atoms with Crippen molar-refractivity contribution in [2.75, 3.05) is 13.1 Å². The van der Waals surface area contributed by atoms with Crippen LogP contribution in [0.1, 0.15) is 10.4 Å². The summed E-state index contributed by atoms with van der Waals surface area (Å²) in [6.45, 7) is 1.55. The summed E-state index contributed by atoms with van der Waals surface area (Å²) in [6.07, 6.45) is 0.0627. The van der Waals surface area contributed by atoms with Crippen LogP contribution in [0.4, 0.5) is 0 Å². The van der Waals surface area contributed by atoms with Crippen LogP contribution >= 0.6 is 0 Å². The minimum absolute atomic E-state index is 0.0627. The van der Waals surface area contributed by atoms with Gasteiger partial charge in [-0.1, -0.05) is 18.2 Å². The van der Waals surface area contributed by atoms with Gasteiger partial charge in [0.2, 0.25) is 0 Å². The van der Waals surface area contributed by atoms with Crippen LogP contribution in [0.2, 0.25) is 0 Å². The van der Waals surface area contributed by atoms with E-state index in [1.54, 1.807) is 12.1 Å². The molecule has 1 N–H and O–H groups in total. The minimum atomic E-state index is -0.230. The molecule has 1 aromatic rings. The first-order valence-corrected chi connectivity index (χ1v) is 4.33. The standard InChI is InChI=1S/C10H11NO2/c12-10(13-9-6-11-7-9)8-4-2-1-3-5-8/h1-5,9,11H,6-7H2. The first-order chi connectivity index (χ1) is 6.36. The number of esters is 1. The summed E-state index contributed by atoms with van der Waals surface area (Å²) in [7, 11) is 0. The van der Waals surface area contributed by atoms with E-state index in [1.165, 1.54) is 0 Å². The Morgan fingerprint density at radius 3 is 2.54 bits per heavy atom. The third kappa shape index (κ3) is 1.87. The van der Waals surface area contributed by atoms with Crippen molar-refractivity contribution in [3.63, 3.8) is 0 Å². The van der Waals surface area contributed by atoms with Gasteiger partial charge in [-0.25, -0.2) is 4.79 Å². The molecule has 0 amide bonds. The van der Waals surface area contributed by atoms with Gasteiger partial charge >= 0.3 is 5.97 Å². The van der Waals surface area contributed by atoms with Crippen molar-refractivity contribution in [1.82, 2.24) is 5.32 Å². The quantitative estimate of drug-likeness (QED) is 0.679. The SMILES string of the molecule is O=C(OC1CNC1)c1ccccc1. The van der Waals surface area contributed by atoms with Crippen molar-refractivity contribution in [3.8, 4) is 0 Å². The number of hydrogen-bond acceptors (Lipinski definition) is 3. The van der Waals surface area contributed by atoms with E-state index in [9.17, 15) is 4.79 Å². The fourth-order valence-corrected chi connectivity index (χ4v) is 1.14. The molecule has 0 spiro atoms. The Labute approximate surface area is 76.7 Å². The predicted molar refractivity (Wildman–Crippen MR) is 48.5 cm³/mol. The molecule has 13 heavy (non-hydrogen) atoms. The second-order valence-electron chi connectivity index (χ2n) is 3.05. The third-order valence-corrected chi connectivity index (χ3v) is 2.03. The lowest BCUT2D eigenvalue weighted by atomic mass is 10.2. The molecule has 1 aliphatic heterocycles. The predicted octanol–water partition coefficient (Wildman–Crippen LogP) is 0.815. The van der Waals surface area contributed by atoms with Crippen molar-refractivity contribution in [2.45, 2.75) is 6.10 Å². The molecule has 3 nitrogen and oxygen atoms in total. The number of carbonyl (C=O) groups excluding carboxylic acids is 1. The molecule has 0 saturated carbocycles. The molecule has 3 heteroatoms. The Balaban J connectivity index is 1.97. The second kappa shape index (κ2) is 3.58. The van der Waals surface area contributed by atoms with E-state index in [0.29, 0.717) is 5.56 Å². The summed E-state index contributed by atoms with van der Waals surface area (Å²) < 4.78 is 5.17. The largest absolute Gasteiger partial charge is 0.456 e. The molecule has 0 radical (unpaired) electrons. The molecule has 1 saturated heterocycles. The molecule has 0 aliphatic carbocycles. The number of hydrogen-bond donors (Lipinski definition) is 1. The Morgan fingerprint density at radius 1 is 1.31 bits per heavy atom. The maximum Gasteiger partial charge on any atom is 0.338 e. The zero-order valence-corrected chi connectivity index (χ0v) is 7.19. The Hall–Kier alpha value is -1.35. The van der Waals surface area contributed by atoms with Crippen LogP contribution in [0, 0.1) is 0 Å². The zero-order chi connectivity index (χ0) is 9.10. The molecular weight excluding hydrogens is 166 g/mol. The van der Waals surface area contributed by atoms with E-state index in [1.807, 2.05) is 18.2 Å². The van der Waals surface area contributed by atoms with Crippen LogP contribution in [0.5, 0.6) is 0 Å². The summed E-state index contributed by atoms with van der Waals surface area (Å²) in [5.41, 5.74) is 0.620. The molecular formula is C10H11NO2. The van der Waals surface area contributed by atoms with Gasteiger partial charge in [0.1, 0.15) is 6.10 Å². The highest BCUT2D eigenvalue weighted by Gasteiger charge is 2.21. The van der Waals surface area contributed by atoms with Crippen LogP contribution in [0.15, 0.2) is 30.3 Å². The molecule has 0 aromatic heterocycles. The van der Waals surface area contributed by atoms with Crippen molar-refractivity contribution in [1.29, 1.82) is 0 Å². The number of rotatable bonds is 2. The van der Waals surface area contributed by atoms with Crippen molar-refractivity contribution >= 4 is 5.97 Å². The summed E-state index contributed by atoms with van der Waals surface area (Å²) >= 11 is 0. The number of benzene rings is 1. The molecule has 68 valence electrons. The van der Waals surface area contributed by atoms with Gasteiger partial charge in [-0.2, -0.15) is 0 Å². The van der Waals surface area contributed by atoms with E-state index in [2.05, 4.69) is 5.32 Å². The van der Waals surface area contributed by atoms with Crippen LogP contribution < -0.4 is 5.32 Å². The highest BCUT2D eigenvalue weighted by Crippen LogP contribution is 2.05. The van der Waals surface area contributed by atoms with E-state index in [-0.39, 0.29) is 12.1 Å². The molecule has 1 aliphatic rings. The average Bonchev–Trinajstić information content (AvgIpc) is 2.12. The monoisotopic (exact) mass is 177 g/mol. The molecule has 0 unspecified atom stereocenters. The molecule has 0 bridgehead atoms. The molecule has 2 rings (SSSR count). The van der Waals surface area contributed by atoms with Gasteiger partial charge < -0.3 is 10.1 Å². The average molecular weight is 177 g/mol. The lowest BCUT2D eigenvalue weighted by Gasteiger charge is -2.26. The third-order valence-electron chi connectivity index (χ3n) is 2.03. The first-order valence-electron chi connectivity index (χ1n) is 4.33. The second-order valence-corrected chi connectivity index (χ2v) is 3.05. The highest BCUT2D eigenvalue weighted by atomic mass is 16.5. The highest BCUT2D eigenvalue weighted by molar-refractivity contribution is 5.89. The van der Waals surface area contributed by atoms with E-state index in [0.717, 1.165) is 13.1 Å². The number of nitrogens with one attached hydrogen (secondary N) is 1. The van der Waals surface area contributed by atoms with Gasteiger partial charge in [0, 0.05) is 13.1 Å². The van der Waals surface area contributed by atoms with Gasteiger partial charge in [0.15, 0.2) is 0 Å². The molecule has 1 fully saturated rings. The zero-order valence-electron chi connectivity index (χ0n) is 7.19. The van der Waals surface area contributed by atoms with E-state index >= 15 is 0 Å². The maximum atomic E-state index is 11.4. The molecule has 0 atom stereocenters. The molecule has 1 heterocycles. The van der Waals surface area contributed by atoms with Crippen LogP contribution in [0.3, 0.4) is 0 Å². The summed E-state index contributed by atoms with van der Waals surface area (Å²) in [5, 5.41) is 3.04. The lowest BCUT2D eigenvalue weighted by molar-refractivity contribution is 0.0169. The summed E-state index contributed by atoms with van der Waals surface area (Å²) in [6, 6.07) is 9.05. The van der Waals surface area contributed by atoms with Crippen molar-refractivity contribution < 1.29 is 9.53 Å². The van der Waals surface area contributed by atoms with Gasteiger partial charge in [-0.15, -0.1) is 0 Å². The Kier molecular flexibility index (Phi) is 2.27. The fourth-order valence-electron chi connectivity index (χ4n) is 1.14. The molecule has 1 aromatic carbocycles. The van der Waals surface area contributed by atoms with Crippen LogP contribution in [-0.2, 0) is 4.74 Å². The smallest absolute Gasteiger partial charge is 0.338 e. The Bertz CT molecular complexity index is 293. The van der Waals surface area contributed by atoms with Gasteiger partial charge in [-0.3, -0.25) is 0 Å². The van der Waals surface area contributed by atoms with E-state index in [4.69, 9.17) is 4.74 Å². The maximum absolute atomic E-state index is 11.4. The lowest BCUT2D eigenvalue weighted by Crippen LogP contribution is -2.49.